The lowest BCUT2D eigenvalue weighted by atomic mass is 9.76. The van der Waals surface area contributed by atoms with Crippen LogP contribution >= 0.6 is 11.6 Å². The number of urea groups is 1. The molecule has 5 rings (SSSR count). The highest BCUT2D eigenvalue weighted by atomic mass is 35.5. The molecule has 1 aliphatic heterocycles. The second kappa shape index (κ2) is 8.39. The fourth-order valence-electron chi connectivity index (χ4n) is 4.56. The monoisotopic (exact) mass is 450 g/mol. The van der Waals surface area contributed by atoms with Crippen molar-refractivity contribution in [1.82, 2.24) is 20.4 Å². The Morgan fingerprint density at radius 1 is 1.16 bits per heavy atom. The standard InChI is InChI=1S/C24H23ClN4O3/c1-14-5-7-15(8-6-14)13-29-23(30)19-10-9-17(12-20(19)26-24(29)31)22-27-21(28-32-22)16-3-2-4-18(25)11-16/h2-8,11,17,19-20H,9-10,12-13H2,1H3,(H,26,31). The summed E-state index contributed by atoms with van der Waals surface area (Å²) in [7, 11) is 0. The number of nitrogens with one attached hydrogen (secondary N) is 1. The molecule has 2 aromatic carbocycles. The highest BCUT2D eigenvalue weighted by Crippen LogP contribution is 2.38. The molecule has 3 atom stereocenters. The Hall–Kier alpha value is -3.19. The highest BCUT2D eigenvalue weighted by Gasteiger charge is 2.45. The van der Waals surface area contributed by atoms with Gasteiger partial charge in [-0.25, -0.2) is 4.79 Å². The average molecular weight is 451 g/mol. The van der Waals surface area contributed by atoms with Crippen molar-refractivity contribution in [2.45, 2.75) is 44.7 Å². The topological polar surface area (TPSA) is 88.3 Å². The number of carbonyl (C=O) groups excluding carboxylic acids is 2. The van der Waals surface area contributed by atoms with E-state index in [1.54, 1.807) is 12.1 Å². The zero-order valence-corrected chi connectivity index (χ0v) is 18.4. The lowest BCUT2D eigenvalue weighted by molar-refractivity contribution is -0.137. The molecular weight excluding hydrogens is 428 g/mol. The first-order valence-electron chi connectivity index (χ1n) is 10.7. The number of aromatic nitrogens is 2. The number of aryl methyl sites for hydroxylation is 1. The fourth-order valence-corrected chi connectivity index (χ4v) is 4.75. The quantitative estimate of drug-likeness (QED) is 0.622. The normalized spacial score (nSPS) is 23.1. The van der Waals surface area contributed by atoms with Crippen molar-refractivity contribution in [1.29, 1.82) is 0 Å². The Bertz CT molecular complexity index is 1160. The summed E-state index contributed by atoms with van der Waals surface area (Å²) < 4.78 is 5.53. The van der Waals surface area contributed by atoms with Gasteiger partial charge in [0.1, 0.15) is 0 Å². The third kappa shape index (κ3) is 4.00. The van der Waals surface area contributed by atoms with Gasteiger partial charge in [0.15, 0.2) is 0 Å². The first kappa shape index (κ1) is 20.7. The van der Waals surface area contributed by atoms with Crippen LogP contribution in [0.4, 0.5) is 4.79 Å². The molecule has 2 heterocycles. The summed E-state index contributed by atoms with van der Waals surface area (Å²) in [5.74, 6) is 0.668. The molecule has 0 radical (unpaired) electrons. The average Bonchev–Trinajstić information content (AvgIpc) is 3.28. The van der Waals surface area contributed by atoms with Crippen LogP contribution in [-0.2, 0) is 11.3 Å². The van der Waals surface area contributed by atoms with Gasteiger partial charge in [0.2, 0.25) is 17.6 Å². The van der Waals surface area contributed by atoms with Crippen LogP contribution in [0.2, 0.25) is 5.02 Å². The largest absolute Gasteiger partial charge is 0.339 e. The minimum Gasteiger partial charge on any atom is -0.339 e. The molecule has 1 N–H and O–H groups in total. The molecule has 3 unspecified atom stereocenters. The minimum atomic E-state index is -0.345. The Kier molecular flexibility index (Phi) is 5.43. The van der Waals surface area contributed by atoms with E-state index in [9.17, 15) is 9.59 Å². The predicted molar refractivity (Wildman–Crippen MR) is 119 cm³/mol. The molecule has 2 fully saturated rings. The summed E-state index contributed by atoms with van der Waals surface area (Å²) in [4.78, 5) is 31.7. The maximum Gasteiger partial charge on any atom is 0.324 e. The predicted octanol–water partition coefficient (Wildman–Crippen LogP) is 4.70. The van der Waals surface area contributed by atoms with E-state index in [0.717, 1.165) is 23.1 Å². The molecule has 3 amide bonds. The molecule has 2 aliphatic rings. The molecule has 1 aromatic heterocycles. The van der Waals surface area contributed by atoms with Crippen molar-refractivity contribution in [3.8, 4) is 11.4 Å². The van der Waals surface area contributed by atoms with Crippen LogP contribution in [0.25, 0.3) is 11.4 Å². The van der Waals surface area contributed by atoms with Crippen LogP contribution in [0.5, 0.6) is 0 Å². The lowest BCUT2D eigenvalue weighted by Gasteiger charge is -2.41. The molecule has 7 nitrogen and oxygen atoms in total. The maximum absolute atomic E-state index is 13.1. The van der Waals surface area contributed by atoms with Gasteiger partial charge >= 0.3 is 6.03 Å². The van der Waals surface area contributed by atoms with Crippen LogP contribution in [0, 0.1) is 12.8 Å². The van der Waals surface area contributed by atoms with E-state index < -0.39 is 0 Å². The van der Waals surface area contributed by atoms with E-state index in [1.807, 2.05) is 43.3 Å². The Morgan fingerprint density at radius 3 is 2.75 bits per heavy atom. The third-order valence-corrected chi connectivity index (χ3v) is 6.56. The Morgan fingerprint density at radius 2 is 1.97 bits per heavy atom. The second-order valence-electron chi connectivity index (χ2n) is 8.55. The zero-order valence-electron chi connectivity index (χ0n) is 17.6. The van der Waals surface area contributed by atoms with Crippen LogP contribution < -0.4 is 5.32 Å². The summed E-state index contributed by atoms with van der Waals surface area (Å²) in [6, 6.07) is 14.6. The first-order chi connectivity index (χ1) is 15.5. The number of nitrogens with zero attached hydrogens (tertiary/aromatic N) is 3. The first-order valence-corrected chi connectivity index (χ1v) is 11.1. The van der Waals surface area contributed by atoms with Crippen LogP contribution in [0.3, 0.4) is 0 Å². The van der Waals surface area contributed by atoms with Crippen LogP contribution in [0.1, 0.15) is 42.2 Å². The molecule has 0 spiro atoms. The van der Waals surface area contributed by atoms with Crippen molar-refractivity contribution >= 4 is 23.5 Å². The van der Waals surface area contributed by atoms with Gasteiger partial charge in [0.25, 0.3) is 0 Å². The smallest absolute Gasteiger partial charge is 0.324 e. The van der Waals surface area contributed by atoms with Gasteiger partial charge in [-0.2, -0.15) is 4.98 Å². The van der Waals surface area contributed by atoms with E-state index in [0.29, 0.717) is 29.6 Å². The number of halogens is 1. The SMILES string of the molecule is Cc1ccc(CN2C(=O)NC3CC(c4nc(-c5cccc(Cl)c5)no4)CCC3C2=O)cc1. The van der Waals surface area contributed by atoms with E-state index in [2.05, 4.69) is 15.5 Å². The minimum absolute atomic E-state index is 0.00608. The van der Waals surface area contributed by atoms with E-state index in [-0.39, 0.29) is 36.4 Å². The van der Waals surface area contributed by atoms with E-state index in [1.165, 1.54) is 4.90 Å². The summed E-state index contributed by atoms with van der Waals surface area (Å²) in [5, 5.41) is 7.73. The van der Waals surface area contributed by atoms with E-state index >= 15 is 0 Å². The van der Waals surface area contributed by atoms with Gasteiger partial charge in [0.05, 0.1) is 12.5 Å². The number of carbonyl (C=O) groups is 2. The number of hydrogen-bond acceptors (Lipinski definition) is 5. The Balaban J connectivity index is 1.28. The van der Waals surface area contributed by atoms with Gasteiger partial charge in [-0.1, -0.05) is 58.7 Å². The highest BCUT2D eigenvalue weighted by molar-refractivity contribution is 6.30. The molecule has 1 saturated carbocycles. The van der Waals surface area contributed by atoms with Crippen molar-refractivity contribution in [3.05, 3.63) is 70.6 Å². The van der Waals surface area contributed by atoms with Crippen molar-refractivity contribution in [2.24, 2.45) is 5.92 Å². The lowest BCUT2D eigenvalue weighted by Crippen LogP contribution is -2.60. The number of benzene rings is 2. The zero-order chi connectivity index (χ0) is 22.2. The van der Waals surface area contributed by atoms with Crippen LogP contribution in [0.15, 0.2) is 53.1 Å². The van der Waals surface area contributed by atoms with Gasteiger partial charge in [-0.05, 0) is 43.9 Å². The molecule has 1 saturated heterocycles. The van der Waals surface area contributed by atoms with Gasteiger partial charge in [0, 0.05) is 22.5 Å². The van der Waals surface area contributed by atoms with Crippen molar-refractivity contribution in [2.75, 3.05) is 0 Å². The summed E-state index contributed by atoms with van der Waals surface area (Å²) in [6.45, 7) is 2.29. The summed E-state index contributed by atoms with van der Waals surface area (Å²) >= 11 is 6.06. The number of amides is 3. The molecule has 1 aliphatic carbocycles. The second-order valence-corrected chi connectivity index (χ2v) is 8.99. The number of fused-ring (bicyclic) bond motifs is 1. The summed E-state index contributed by atoms with van der Waals surface area (Å²) in [5.41, 5.74) is 2.86. The number of rotatable bonds is 4. The number of imide groups is 1. The number of hydrogen-bond donors (Lipinski definition) is 1. The summed E-state index contributed by atoms with van der Waals surface area (Å²) in [6.07, 6.45) is 2.00. The molecule has 32 heavy (non-hydrogen) atoms. The molecule has 164 valence electrons. The van der Waals surface area contributed by atoms with Gasteiger partial charge in [-0.15, -0.1) is 0 Å². The van der Waals surface area contributed by atoms with E-state index in [4.69, 9.17) is 16.1 Å². The van der Waals surface area contributed by atoms with Gasteiger partial charge < -0.3 is 9.84 Å². The van der Waals surface area contributed by atoms with Crippen molar-refractivity contribution in [3.63, 3.8) is 0 Å². The molecule has 3 aromatic rings. The van der Waals surface area contributed by atoms with Gasteiger partial charge in [-0.3, -0.25) is 9.69 Å². The van der Waals surface area contributed by atoms with Crippen molar-refractivity contribution < 1.29 is 14.1 Å². The third-order valence-electron chi connectivity index (χ3n) is 6.32. The maximum atomic E-state index is 13.1. The molecule has 0 bridgehead atoms. The Labute approximate surface area is 190 Å². The molecule has 8 heteroatoms. The fraction of sp³-hybridized carbons (Fsp3) is 0.333. The van der Waals surface area contributed by atoms with Crippen LogP contribution in [-0.4, -0.2) is 33.0 Å². The molecular formula is C24H23ClN4O3.